The number of halogens is 1. The lowest BCUT2D eigenvalue weighted by Crippen LogP contribution is -2.17. The average Bonchev–Trinajstić information content (AvgIpc) is 2.31. The first kappa shape index (κ1) is 13.0. The molecule has 0 saturated carbocycles. The maximum absolute atomic E-state index is 12.6. The van der Waals surface area contributed by atoms with Crippen molar-refractivity contribution >= 4 is 17.7 Å². The van der Waals surface area contributed by atoms with E-state index in [1.807, 2.05) is 0 Å². The molecule has 1 aromatic carbocycles. The van der Waals surface area contributed by atoms with Crippen LogP contribution < -0.4 is 5.48 Å². The van der Waals surface area contributed by atoms with E-state index in [1.54, 1.807) is 29.4 Å². The highest BCUT2D eigenvalue weighted by Crippen LogP contribution is 2.19. The zero-order chi connectivity index (χ0) is 11.8. The summed E-state index contributed by atoms with van der Waals surface area (Å²) < 4.78 is 12.6. The van der Waals surface area contributed by atoms with Gasteiger partial charge in [0.15, 0.2) is 0 Å². The molecule has 0 radical (unpaired) electrons. The summed E-state index contributed by atoms with van der Waals surface area (Å²) in [7, 11) is 0. The van der Waals surface area contributed by atoms with Crippen LogP contribution in [0, 0.1) is 5.82 Å². The number of rotatable bonds is 6. The van der Waals surface area contributed by atoms with Gasteiger partial charge in [-0.25, -0.2) is 9.87 Å². The van der Waals surface area contributed by atoms with Gasteiger partial charge in [-0.05, 0) is 42.9 Å². The Balaban J connectivity index is 2.11. The van der Waals surface area contributed by atoms with Gasteiger partial charge in [-0.1, -0.05) is 0 Å². The Hall–Kier alpha value is -1.07. The van der Waals surface area contributed by atoms with Crippen LogP contribution in [0.5, 0.6) is 0 Å². The van der Waals surface area contributed by atoms with Gasteiger partial charge in [0.05, 0.1) is 0 Å². The normalized spacial score (nSPS) is 10.1. The van der Waals surface area contributed by atoms with Crippen molar-refractivity contribution in [3.63, 3.8) is 0 Å². The standard InChI is InChI=1S/C11H14FNO2S/c12-9-4-6-10(7-5-9)16-8-2-1-3-11(14)13-15/h4-7,15H,1-3,8H2,(H,13,14). The SMILES string of the molecule is O=C(CCCCSc1ccc(F)cc1)NO. The van der Waals surface area contributed by atoms with Gasteiger partial charge in [0.2, 0.25) is 5.91 Å². The summed E-state index contributed by atoms with van der Waals surface area (Å²) in [5.41, 5.74) is 1.59. The van der Waals surface area contributed by atoms with E-state index in [0.29, 0.717) is 6.42 Å². The Kier molecular flexibility index (Phi) is 5.88. The molecule has 0 aliphatic carbocycles. The molecule has 0 spiro atoms. The zero-order valence-electron chi connectivity index (χ0n) is 8.78. The number of carbonyl (C=O) groups is 1. The number of nitrogens with one attached hydrogen (secondary N) is 1. The molecular weight excluding hydrogens is 229 g/mol. The van der Waals surface area contributed by atoms with Crippen molar-refractivity contribution in [2.45, 2.75) is 24.2 Å². The highest BCUT2D eigenvalue weighted by molar-refractivity contribution is 7.99. The summed E-state index contributed by atoms with van der Waals surface area (Å²) in [6.07, 6.45) is 1.95. The lowest BCUT2D eigenvalue weighted by Gasteiger charge is -2.01. The zero-order valence-corrected chi connectivity index (χ0v) is 9.60. The monoisotopic (exact) mass is 243 g/mol. The predicted octanol–water partition coefficient (Wildman–Crippen LogP) is 2.59. The van der Waals surface area contributed by atoms with E-state index < -0.39 is 0 Å². The van der Waals surface area contributed by atoms with Crippen molar-refractivity contribution in [2.75, 3.05) is 5.75 Å². The van der Waals surface area contributed by atoms with E-state index >= 15 is 0 Å². The fourth-order valence-electron chi connectivity index (χ4n) is 1.16. The first-order valence-electron chi connectivity index (χ1n) is 5.03. The van der Waals surface area contributed by atoms with Gasteiger partial charge in [0.25, 0.3) is 0 Å². The first-order valence-corrected chi connectivity index (χ1v) is 6.02. The predicted molar refractivity (Wildman–Crippen MR) is 60.9 cm³/mol. The summed E-state index contributed by atoms with van der Waals surface area (Å²) >= 11 is 1.63. The van der Waals surface area contributed by atoms with Crippen molar-refractivity contribution in [1.29, 1.82) is 0 Å². The fraction of sp³-hybridized carbons (Fsp3) is 0.364. The van der Waals surface area contributed by atoms with E-state index in [9.17, 15) is 9.18 Å². The number of carbonyl (C=O) groups excluding carboxylic acids is 1. The van der Waals surface area contributed by atoms with Gasteiger partial charge in [0.1, 0.15) is 5.82 Å². The minimum Gasteiger partial charge on any atom is -0.289 e. The average molecular weight is 243 g/mol. The summed E-state index contributed by atoms with van der Waals surface area (Å²) in [5, 5.41) is 8.26. The van der Waals surface area contributed by atoms with Gasteiger partial charge in [-0.2, -0.15) is 0 Å². The minimum absolute atomic E-state index is 0.232. The largest absolute Gasteiger partial charge is 0.289 e. The highest BCUT2D eigenvalue weighted by Gasteiger charge is 1.99. The molecule has 1 aromatic rings. The molecule has 88 valence electrons. The van der Waals surface area contributed by atoms with Crippen molar-refractivity contribution in [3.05, 3.63) is 30.1 Å². The third-order valence-corrected chi connectivity index (χ3v) is 3.10. The molecule has 5 heteroatoms. The lowest BCUT2D eigenvalue weighted by molar-refractivity contribution is -0.129. The first-order chi connectivity index (χ1) is 7.72. The second-order valence-corrected chi connectivity index (χ2v) is 4.46. The van der Waals surface area contributed by atoms with Crippen molar-refractivity contribution in [1.82, 2.24) is 5.48 Å². The fourth-order valence-corrected chi connectivity index (χ4v) is 2.08. The third kappa shape index (κ3) is 5.14. The van der Waals surface area contributed by atoms with Crippen molar-refractivity contribution in [3.8, 4) is 0 Å². The maximum atomic E-state index is 12.6. The molecule has 0 unspecified atom stereocenters. The number of unbranched alkanes of at least 4 members (excludes halogenated alkanes) is 1. The van der Waals surface area contributed by atoms with Crippen LogP contribution in [-0.2, 0) is 4.79 Å². The third-order valence-electron chi connectivity index (χ3n) is 2.01. The summed E-state index contributed by atoms with van der Waals surface area (Å²) in [6.45, 7) is 0. The Bertz CT molecular complexity index is 329. The van der Waals surface area contributed by atoms with Crippen molar-refractivity contribution < 1.29 is 14.4 Å². The molecule has 1 amide bonds. The van der Waals surface area contributed by atoms with Gasteiger partial charge in [0, 0.05) is 11.3 Å². The Morgan fingerprint density at radius 2 is 2.00 bits per heavy atom. The van der Waals surface area contributed by atoms with E-state index in [0.717, 1.165) is 23.5 Å². The minimum atomic E-state index is -0.355. The molecule has 0 bridgehead atoms. The molecule has 0 fully saturated rings. The van der Waals surface area contributed by atoms with Crippen LogP contribution in [0.2, 0.25) is 0 Å². The second kappa shape index (κ2) is 7.24. The Morgan fingerprint density at radius 3 is 2.62 bits per heavy atom. The molecule has 1 rings (SSSR count). The van der Waals surface area contributed by atoms with Gasteiger partial charge >= 0.3 is 0 Å². The molecule has 0 saturated heterocycles. The van der Waals surface area contributed by atoms with E-state index in [4.69, 9.17) is 5.21 Å². The number of thioether (sulfide) groups is 1. The van der Waals surface area contributed by atoms with Crippen LogP contribution in [0.15, 0.2) is 29.2 Å². The topological polar surface area (TPSA) is 49.3 Å². The smallest absolute Gasteiger partial charge is 0.243 e. The highest BCUT2D eigenvalue weighted by atomic mass is 32.2. The number of hydroxylamine groups is 1. The van der Waals surface area contributed by atoms with Crippen LogP contribution in [0.3, 0.4) is 0 Å². The van der Waals surface area contributed by atoms with Crippen LogP contribution in [-0.4, -0.2) is 16.9 Å². The van der Waals surface area contributed by atoms with Crippen LogP contribution in [0.4, 0.5) is 4.39 Å². The molecule has 0 aliphatic heterocycles. The van der Waals surface area contributed by atoms with E-state index in [2.05, 4.69) is 0 Å². The Morgan fingerprint density at radius 1 is 1.31 bits per heavy atom. The maximum Gasteiger partial charge on any atom is 0.243 e. The number of hydrogen-bond donors (Lipinski definition) is 2. The van der Waals surface area contributed by atoms with Crippen LogP contribution in [0.25, 0.3) is 0 Å². The van der Waals surface area contributed by atoms with Crippen molar-refractivity contribution in [2.24, 2.45) is 0 Å². The summed E-state index contributed by atoms with van der Waals surface area (Å²) in [6, 6.07) is 6.34. The molecule has 0 atom stereocenters. The molecule has 0 aromatic heterocycles. The van der Waals surface area contributed by atoms with Gasteiger partial charge in [-0.15, -0.1) is 11.8 Å². The van der Waals surface area contributed by atoms with Gasteiger partial charge in [-0.3, -0.25) is 10.0 Å². The molecular formula is C11H14FNO2S. The lowest BCUT2D eigenvalue weighted by atomic mass is 10.2. The van der Waals surface area contributed by atoms with Crippen LogP contribution in [0.1, 0.15) is 19.3 Å². The van der Waals surface area contributed by atoms with Gasteiger partial charge < -0.3 is 0 Å². The number of amides is 1. The molecule has 0 heterocycles. The summed E-state index contributed by atoms with van der Waals surface area (Å²) in [5.74, 6) is 0.292. The Labute approximate surface area is 98.0 Å². The molecule has 0 aliphatic rings. The van der Waals surface area contributed by atoms with E-state index in [-0.39, 0.29) is 11.7 Å². The summed E-state index contributed by atoms with van der Waals surface area (Å²) in [4.78, 5) is 11.7. The molecule has 3 nitrogen and oxygen atoms in total. The van der Waals surface area contributed by atoms with E-state index in [1.165, 1.54) is 12.1 Å². The number of benzene rings is 1. The molecule has 2 N–H and O–H groups in total. The van der Waals surface area contributed by atoms with Crippen LogP contribution >= 0.6 is 11.8 Å². The second-order valence-electron chi connectivity index (χ2n) is 3.29. The number of hydrogen-bond acceptors (Lipinski definition) is 3. The quantitative estimate of drug-likeness (QED) is 0.349. The molecule has 16 heavy (non-hydrogen) atoms.